The molecule has 8 nitrogen and oxygen atoms in total. The molecule has 0 bridgehead atoms. The minimum absolute atomic E-state index is 0.319. The number of hydrogen-bond acceptors (Lipinski definition) is 8. The maximum atomic E-state index is 12.3. The monoisotopic (exact) mass is 425 g/mol. The zero-order valence-electron chi connectivity index (χ0n) is 16.6. The van der Waals surface area contributed by atoms with Gasteiger partial charge in [-0.1, -0.05) is 0 Å². The molecule has 6 heterocycles. The highest BCUT2D eigenvalue weighted by molar-refractivity contribution is 7.94. The predicted molar refractivity (Wildman–Crippen MR) is 117 cm³/mol. The first-order valence-electron chi connectivity index (χ1n) is 10.4. The Morgan fingerprint density at radius 3 is 2.63 bits per heavy atom. The van der Waals surface area contributed by atoms with Gasteiger partial charge >= 0.3 is 0 Å². The molecule has 3 fully saturated rings. The molecule has 0 aromatic carbocycles. The fraction of sp³-hybridized carbons (Fsp3) is 0.476. The molecular weight excluding hydrogens is 402 g/mol. The van der Waals surface area contributed by atoms with Crippen molar-refractivity contribution in [2.75, 3.05) is 61.5 Å². The lowest BCUT2D eigenvalue weighted by Crippen LogP contribution is -2.72. The van der Waals surface area contributed by atoms with Gasteiger partial charge in [0.2, 0.25) is 0 Å². The molecule has 4 aliphatic rings. The van der Waals surface area contributed by atoms with E-state index in [-0.39, 0.29) is 0 Å². The van der Waals surface area contributed by atoms with Crippen LogP contribution in [-0.4, -0.2) is 81.0 Å². The van der Waals surface area contributed by atoms with E-state index in [4.69, 9.17) is 9.72 Å². The Kier molecular flexibility index (Phi) is 3.95. The molecule has 9 heteroatoms. The van der Waals surface area contributed by atoms with E-state index in [0.29, 0.717) is 38.6 Å². The van der Waals surface area contributed by atoms with Gasteiger partial charge in [0.15, 0.2) is 9.84 Å². The van der Waals surface area contributed by atoms with Crippen molar-refractivity contribution in [3.05, 3.63) is 30.1 Å². The molecule has 2 aromatic heterocycles. The van der Waals surface area contributed by atoms with Crippen molar-refractivity contribution < 1.29 is 13.2 Å². The quantitative estimate of drug-likeness (QED) is 0.733. The van der Waals surface area contributed by atoms with E-state index in [9.17, 15) is 8.42 Å². The number of hydrogen-bond donors (Lipinski definition) is 0. The number of allylic oxidation sites excluding steroid dienone is 1. The molecule has 3 saturated heterocycles. The summed E-state index contributed by atoms with van der Waals surface area (Å²) in [6.45, 7) is 4.66. The Bertz CT molecular complexity index is 1190. The Morgan fingerprint density at radius 1 is 1.13 bits per heavy atom. The molecule has 0 atom stereocenters. The second-order valence-corrected chi connectivity index (χ2v) is 10.9. The first-order chi connectivity index (χ1) is 14.6. The average Bonchev–Trinajstić information content (AvgIpc) is 3.27. The molecule has 0 saturated carbocycles. The van der Waals surface area contributed by atoms with Gasteiger partial charge in [0, 0.05) is 55.6 Å². The molecular formula is C21H23N5O3S. The number of morpholine rings is 1. The van der Waals surface area contributed by atoms with Crippen LogP contribution in [0.4, 0.5) is 11.5 Å². The van der Waals surface area contributed by atoms with Crippen LogP contribution in [0.15, 0.2) is 29.4 Å². The number of aliphatic imine (C=N–C) groups is 1. The maximum absolute atomic E-state index is 12.3. The Morgan fingerprint density at radius 2 is 1.97 bits per heavy atom. The topological polar surface area (TPSA) is 88.0 Å². The van der Waals surface area contributed by atoms with Crippen molar-refractivity contribution in [1.82, 2.24) is 9.97 Å². The van der Waals surface area contributed by atoms with Gasteiger partial charge in [0.25, 0.3) is 0 Å². The molecule has 0 N–H and O–H groups in total. The van der Waals surface area contributed by atoms with Crippen LogP contribution < -0.4 is 9.80 Å². The number of rotatable bonds is 3. The minimum Gasteiger partial charge on any atom is -0.378 e. The number of fused-ring (bicyclic) bond motifs is 1. The number of sulfone groups is 1. The lowest BCUT2D eigenvalue weighted by atomic mass is 9.93. The minimum atomic E-state index is -2.95. The number of pyridine rings is 2. The zero-order chi connectivity index (χ0) is 20.3. The normalized spacial score (nSPS) is 24.1. The zero-order valence-corrected chi connectivity index (χ0v) is 17.4. The third-order valence-electron chi connectivity index (χ3n) is 6.76. The Labute approximate surface area is 175 Å². The Hall–Kier alpha value is -2.52. The van der Waals surface area contributed by atoms with E-state index < -0.39 is 14.6 Å². The SMILES string of the molecule is O=S1(=O)CCC12CN(c1cc(N3CCOCC3)nc3c(C4=CC=NC4)nccc13)C2. The van der Waals surface area contributed by atoms with Crippen LogP contribution in [0.5, 0.6) is 0 Å². The number of nitrogens with zero attached hydrogens (tertiary/aromatic N) is 5. The molecule has 1 spiro atoms. The van der Waals surface area contributed by atoms with Gasteiger partial charge in [-0.25, -0.2) is 13.4 Å². The van der Waals surface area contributed by atoms with Gasteiger partial charge in [0.05, 0.1) is 36.9 Å². The first-order valence-corrected chi connectivity index (χ1v) is 12.0. The fourth-order valence-corrected chi connectivity index (χ4v) is 6.62. The highest BCUT2D eigenvalue weighted by atomic mass is 32.2. The van der Waals surface area contributed by atoms with Gasteiger partial charge < -0.3 is 14.5 Å². The standard InChI is InChI=1S/C21H23N5O3S/c27-30(28)10-3-21(30)13-26(14-21)17-11-18(25-6-8-29-9-7-25)24-20-16(17)2-5-23-19(20)15-1-4-22-12-15/h1-2,4-5,11H,3,6-10,12-14H2. The molecule has 156 valence electrons. The summed E-state index contributed by atoms with van der Waals surface area (Å²) in [5.41, 5.74) is 3.80. The average molecular weight is 426 g/mol. The molecule has 0 unspecified atom stereocenters. The van der Waals surface area contributed by atoms with Crippen molar-refractivity contribution in [1.29, 1.82) is 0 Å². The first kappa shape index (κ1) is 18.3. The fourth-order valence-electron chi connectivity index (χ4n) is 4.80. The van der Waals surface area contributed by atoms with E-state index in [1.807, 2.05) is 24.6 Å². The van der Waals surface area contributed by atoms with Crippen LogP contribution in [0.1, 0.15) is 12.1 Å². The summed E-state index contributed by atoms with van der Waals surface area (Å²) >= 11 is 0. The lowest BCUT2D eigenvalue weighted by Gasteiger charge is -2.55. The van der Waals surface area contributed by atoms with Crippen LogP contribution in [0.25, 0.3) is 16.5 Å². The third kappa shape index (κ3) is 2.61. The van der Waals surface area contributed by atoms with Gasteiger partial charge in [-0.05, 0) is 18.6 Å². The van der Waals surface area contributed by atoms with Gasteiger partial charge in [0.1, 0.15) is 16.1 Å². The van der Waals surface area contributed by atoms with Crippen molar-refractivity contribution in [2.24, 2.45) is 4.99 Å². The molecule has 30 heavy (non-hydrogen) atoms. The van der Waals surface area contributed by atoms with Gasteiger partial charge in [-0.3, -0.25) is 9.98 Å². The van der Waals surface area contributed by atoms with Crippen LogP contribution in [0.2, 0.25) is 0 Å². The summed E-state index contributed by atoms with van der Waals surface area (Å²) in [7, 11) is -2.95. The van der Waals surface area contributed by atoms with Gasteiger partial charge in [-0.2, -0.15) is 0 Å². The van der Waals surface area contributed by atoms with E-state index in [1.54, 1.807) is 0 Å². The van der Waals surface area contributed by atoms with Crippen molar-refractivity contribution in [2.45, 2.75) is 11.2 Å². The van der Waals surface area contributed by atoms with Crippen LogP contribution >= 0.6 is 0 Å². The molecule has 0 radical (unpaired) electrons. The second kappa shape index (κ2) is 6.49. The highest BCUT2D eigenvalue weighted by Gasteiger charge is 2.59. The summed E-state index contributed by atoms with van der Waals surface area (Å²) in [4.78, 5) is 18.4. The molecule has 6 rings (SSSR count). The predicted octanol–water partition coefficient (Wildman–Crippen LogP) is 1.31. The van der Waals surface area contributed by atoms with E-state index >= 15 is 0 Å². The van der Waals surface area contributed by atoms with Crippen LogP contribution in [-0.2, 0) is 14.6 Å². The molecule has 4 aliphatic heterocycles. The van der Waals surface area contributed by atoms with Crippen molar-refractivity contribution in [3.8, 4) is 0 Å². The van der Waals surface area contributed by atoms with Crippen molar-refractivity contribution in [3.63, 3.8) is 0 Å². The summed E-state index contributed by atoms with van der Waals surface area (Å²) < 4.78 is 29.6. The van der Waals surface area contributed by atoms with E-state index in [1.165, 1.54) is 0 Å². The molecule has 0 aliphatic carbocycles. The second-order valence-electron chi connectivity index (χ2n) is 8.44. The summed E-state index contributed by atoms with van der Waals surface area (Å²) in [6.07, 6.45) is 6.38. The Balaban J connectivity index is 1.46. The van der Waals surface area contributed by atoms with Crippen LogP contribution in [0, 0.1) is 0 Å². The van der Waals surface area contributed by atoms with E-state index in [0.717, 1.165) is 53.2 Å². The summed E-state index contributed by atoms with van der Waals surface area (Å²) in [6, 6.07) is 4.09. The largest absolute Gasteiger partial charge is 0.378 e. The number of ether oxygens (including phenoxy) is 1. The smallest absolute Gasteiger partial charge is 0.159 e. The molecule has 0 amide bonds. The van der Waals surface area contributed by atoms with Gasteiger partial charge in [-0.15, -0.1) is 0 Å². The number of aromatic nitrogens is 2. The maximum Gasteiger partial charge on any atom is 0.159 e. The summed E-state index contributed by atoms with van der Waals surface area (Å²) in [5, 5.41) is 1.01. The highest BCUT2D eigenvalue weighted by Crippen LogP contribution is 2.46. The van der Waals surface area contributed by atoms with Crippen molar-refractivity contribution >= 4 is 44.0 Å². The third-order valence-corrected chi connectivity index (χ3v) is 9.28. The van der Waals surface area contributed by atoms with Crippen LogP contribution in [0.3, 0.4) is 0 Å². The summed E-state index contributed by atoms with van der Waals surface area (Å²) in [5.74, 6) is 1.21. The number of anilines is 2. The van der Waals surface area contributed by atoms with E-state index in [2.05, 4.69) is 25.8 Å². The molecule has 2 aromatic rings. The lowest BCUT2D eigenvalue weighted by molar-refractivity contribution is 0.122.